The zero-order valence-electron chi connectivity index (χ0n) is 16.8. The second-order valence-electron chi connectivity index (χ2n) is 7.57. The van der Waals surface area contributed by atoms with Gasteiger partial charge in [0.1, 0.15) is 5.01 Å². The van der Waals surface area contributed by atoms with Gasteiger partial charge in [-0.15, -0.1) is 11.3 Å². The van der Waals surface area contributed by atoms with Crippen LogP contribution in [0.4, 0.5) is 5.69 Å². The molecule has 0 radical (unpaired) electrons. The quantitative estimate of drug-likeness (QED) is 0.397. The van der Waals surface area contributed by atoms with Crippen molar-refractivity contribution in [2.24, 2.45) is 7.05 Å². The molecule has 1 amide bonds. The Morgan fingerprint density at radius 3 is 2.70 bits per heavy atom. The maximum Gasteiger partial charge on any atom is 0.228 e. The van der Waals surface area contributed by atoms with Crippen LogP contribution in [0.25, 0.3) is 31.7 Å². The van der Waals surface area contributed by atoms with Crippen LogP contribution < -0.4 is 5.32 Å². The number of fused-ring (bicyclic) bond motifs is 2. The number of hydrogen-bond acceptors (Lipinski definition) is 3. The van der Waals surface area contributed by atoms with Gasteiger partial charge in [-0.05, 0) is 60.5 Å². The number of aromatic nitrogens is 2. The zero-order valence-corrected chi connectivity index (χ0v) is 17.7. The monoisotopic (exact) mass is 411 g/mol. The number of hydrogen-bond donors (Lipinski definition) is 1. The molecule has 0 atom stereocenters. The Labute approximate surface area is 178 Å². The highest BCUT2D eigenvalue weighted by Gasteiger charge is 2.11. The van der Waals surface area contributed by atoms with Crippen LogP contribution in [0.3, 0.4) is 0 Å². The smallest absolute Gasteiger partial charge is 0.228 e. The van der Waals surface area contributed by atoms with E-state index in [4.69, 9.17) is 4.98 Å². The normalized spacial score (nSPS) is 11.3. The van der Waals surface area contributed by atoms with E-state index in [1.165, 1.54) is 10.3 Å². The van der Waals surface area contributed by atoms with Gasteiger partial charge in [-0.3, -0.25) is 4.79 Å². The highest BCUT2D eigenvalue weighted by molar-refractivity contribution is 7.21. The van der Waals surface area contributed by atoms with E-state index >= 15 is 0 Å². The van der Waals surface area contributed by atoms with Crippen LogP contribution in [0.1, 0.15) is 11.1 Å². The van der Waals surface area contributed by atoms with E-state index in [9.17, 15) is 4.79 Å². The minimum Gasteiger partial charge on any atom is -0.350 e. The second-order valence-corrected chi connectivity index (χ2v) is 8.61. The van der Waals surface area contributed by atoms with Crippen LogP contribution in [-0.4, -0.2) is 15.5 Å². The fourth-order valence-electron chi connectivity index (χ4n) is 3.80. The first-order valence-electron chi connectivity index (χ1n) is 9.87. The molecule has 0 fully saturated rings. The van der Waals surface area contributed by atoms with Crippen molar-refractivity contribution in [3.63, 3.8) is 0 Å². The zero-order chi connectivity index (χ0) is 20.7. The summed E-state index contributed by atoms with van der Waals surface area (Å²) in [4.78, 5) is 17.3. The molecule has 1 N–H and O–H groups in total. The fourth-order valence-corrected chi connectivity index (χ4v) is 4.87. The van der Waals surface area contributed by atoms with Gasteiger partial charge in [0.2, 0.25) is 5.91 Å². The van der Waals surface area contributed by atoms with Gasteiger partial charge in [0.15, 0.2) is 0 Å². The fraction of sp³-hybridized carbons (Fsp3) is 0.120. The third-order valence-electron chi connectivity index (χ3n) is 5.29. The molecule has 0 aliphatic carbocycles. The van der Waals surface area contributed by atoms with Gasteiger partial charge < -0.3 is 9.88 Å². The van der Waals surface area contributed by atoms with Gasteiger partial charge in [0, 0.05) is 35.4 Å². The molecule has 0 saturated heterocycles. The third-order valence-corrected chi connectivity index (χ3v) is 6.36. The summed E-state index contributed by atoms with van der Waals surface area (Å²) >= 11 is 1.69. The van der Waals surface area contributed by atoms with Crippen LogP contribution in [0.2, 0.25) is 0 Å². The number of anilines is 1. The lowest BCUT2D eigenvalue weighted by Gasteiger charge is -2.05. The first-order chi connectivity index (χ1) is 14.6. The molecular weight excluding hydrogens is 390 g/mol. The predicted molar refractivity (Wildman–Crippen MR) is 125 cm³/mol. The Kier molecular flexibility index (Phi) is 4.60. The lowest BCUT2D eigenvalue weighted by atomic mass is 10.1. The summed E-state index contributed by atoms with van der Waals surface area (Å²) in [5.74, 6) is -0.0189. The number of thiazole rings is 1. The Balaban J connectivity index is 1.32. The number of rotatable bonds is 4. The number of carbonyl (C=O) groups excluding carboxylic acids is 1. The third kappa shape index (κ3) is 3.48. The Morgan fingerprint density at radius 1 is 1.07 bits per heavy atom. The predicted octanol–water partition coefficient (Wildman–Crippen LogP) is 5.94. The molecule has 0 aliphatic heterocycles. The van der Waals surface area contributed by atoms with Crippen LogP contribution in [0.5, 0.6) is 0 Å². The molecule has 148 valence electrons. The SMILES string of the molecule is Cc1ccc2nc(-c3ccc(NC(=O)Cc4cn(C)c5ccccc45)cc3)sc2c1. The van der Waals surface area contributed by atoms with Crippen molar-refractivity contribution in [3.8, 4) is 10.6 Å². The maximum absolute atomic E-state index is 12.6. The van der Waals surface area contributed by atoms with Crippen LogP contribution in [0.15, 0.2) is 72.9 Å². The summed E-state index contributed by atoms with van der Waals surface area (Å²) in [6.07, 6.45) is 2.38. The van der Waals surface area contributed by atoms with Crippen molar-refractivity contribution in [1.82, 2.24) is 9.55 Å². The summed E-state index contributed by atoms with van der Waals surface area (Å²) < 4.78 is 3.25. The summed E-state index contributed by atoms with van der Waals surface area (Å²) in [6, 6.07) is 22.4. The van der Waals surface area contributed by atoms with Gasteiger partial charge in [-0.1, -0.05) is 24.3 Å². The molecule has 0 saturated carbocycles. The Morgan fingerprint density at radius 2 is 1.87 bits per heavy atom. The lowest BCUT2D eigenvalue weighted by molar-refractivity contribution is -0.115. The van der Waals surface area contributed by atoms with E-state index < -0.39 is 0 Å². The first-order valence-corrected chi connectivity index (χ1v) is 10.7. The largest absolute Gasteiger partial charge is 0.350 e. The lowest BCUT2D eigenvalue weighted by Crippen LogP contribution is -2.14. The molecule has 5 heteroatoms. The van der Waals surface area contributed by atoms with Crippen LogP contribution in [0, 0.1) is 6.92 Å². The van der Waals surface area contributed by atoms with E-state index in [1.807, 2.05) is 49.6 Å². The van der Waals surface area contributed by atoms with E-state index in [2.05, 4.69) is 47.1 Å². The number of amides is 1. The van der Waals surface area contributed by atoms with E-state index in [-0.39, 0.29) is 5.91 Å². The molecule has 0 bridgehead atoms. The van der Waals surface area contributed by atoms with Crippen molar-refractivity contribution >= 4 is 44.1 Å². The average Bonchev–Trinajstić information content (AvgIpc) is 3.30. The first kappa shape index (κ1) is 18.6. The van der Waals surface area contributed by atoms with E-state index in [0.717, 1.165) is 38.2 Å². The Hall–Kier alpha value is -3.44. The summed E-state index contributed by atoms with van der Waals surface area (Å²) in [5, 5.41) is 5.12. The van der Waals surface area contributed by atoms with Crippen LogP contribution >= 0.6 is 11.3 Å². The van der Waals surface area contributed by atoms with Crippen molar-refractivity contribution < 1.29 is 4.79 Å². The Bertz CT molecular complexity index is 1380. The van der Waals surface area contributed by atoms with Crippen molar-refractivity contribution in [2.45, 2.75) is 13.3 Å². The molecule has 2 heterocycles. The highest BCUT2D eigenvalue weighted by Crippen LogP contribution is 2.31. The standard InChI is InChI=1S/C25H21N3OS/c1-16-7-12-21-23(13-16)30-25(27-21)17-8-10-19(11-9-17)26-24(29)14-18-15-28(2)22-6-4-3-5-20(18)22/h3-13,15H,14H2,1-2H3,(H,26,29). The number of nitrogens with one attached hydrogen (secondary N) is 1. The number of aryl methyl sites for hydroxylation is 2. The molecule has 30 heavy (non-hydrogen) atoms. The van der Waals surface area contributed by atoms with Crippen molar-refractivity contribution in [1.29, 1.82) is 0 Å². The summed E-state index contributed by atoms with van der Waals surface area (Å²) in [5.41, 5.74) is 6.28. The van der Waals surface area contributed by atoms with Crippen molar-refractivity contribution in [3.05, 3.63) is 84.1 Å². The topological polar surface area (TPSA) is 46.9 Å². The van der Waals surface area contributed by atoms with E-state index in [1.54, 1.807) is 11.3 Å². The number of nitrogens with zero attached hydrogens (tertiary/aromatic N) is 2. The minimum atomic E-state index is -0.0189. The molecule has 2 aromatic heterocycles. The summed E-state index contributed by atoms with van der Waals surface area (Å²) in [6.45, 7) is 2.09. The molecule has 0 aliphatic rings. The number of para-hydroxylation sites is 1. The molecule has 3 aromatic carbocycles. The van der Waals surface area contributed by atoms with E-state index in [0.29, 0.717) is 6.42 Å². The molecular formula is C25H21N3OS. The van der Waals surface area contributed by atoms with Gasteiger partial charge in [-0.2, -0.15) is 0 Å². The molecule has 0 spiro atoms. The van der Waals surface area contributed by atoms with Gasteiger partial charge in [0.05, 0.1) is 16.6 Å². The minimum absolute atomic E-state index is 0.0189. The molecule has 5 rings (SSSR count). The second kappa shape index (κ2) is 7.43. The number of carbonyl (C=O) groups is 1. The summed E-state index contributed by atoms with van der Waals surface area (Å²) in [7, 11) is 2.01. The van der Waals surface area contributed by atoms with Gasteiger partial charge >= 0.3 is 0 Å². The maximum atomic E-state index is 12.6. The van der Waals surface area contributed by atoms with Crippen LogP contribution in [-0.2, 0) is 18.3 Å². The molecule has 4 nitrogen and oxygen atoms in total. The van der Waals surface area contributed by atoms with Gasteiger partial charge in [0.25, 0.3) is 0 Å². The average molecular weight is 412 g/mol. The highest BCUT2D eigenvalue weighted by atomic mass is 32.1. The van der Waals surface area contributed by atoms with Crippen molar-refractivity contribution in [2.75, 3.05) is 5.32 Å². The molecule has 0 unspecified atom stereocenters. The molecule has 5 aromatic rings. The van der Waals surface area contributed by atoms with Gasteiger partial charge in [-0.25, -0.2) is 4.98 Å². The number of benzene rings is 3.